The SMILES string of the molecule is CCN(CC)c1ccc(N=C2C(C(C)(C)C)=Nn3nc(-c4ccc(NC(=O)c5cccc(S(=O)(=O)[O-])c5)cc4)nc32)c(C)c1.[Na+]. The largest absolute Gasteiger partial charge is 1.00 e. The number of fused-ring (bicyclic) bond motifs is 1. The van der Waals surface area contributed by atoms with E-state index in [0.29, 0.717) is 28.6 Å². The summed E-state index contributed by atoms with van der Waals surface area (Å²) in [6, 6.07) is 18.1. The summed E-state index contributed by atoms with van der Waals surface area (Å²) < 4.78 is 34.0. The monoisotopic (exact) mass is 635 g/mol. The van der Waals surface area contributed by atoms with Gasteiger partial charge in [-0.3, -0.25) is 4.79 Å². The number of rotatable bonds is 8. The summed E-state index contributed by atoms with van der Waals surface area (Å²) in [6.45, 7) is 14.4. The van der Waals surface area contributed by atoms with Crippen LogP contribution < -0.4 is 39.8 Å². The van der Waals surface area contributed by atoms with Crippen LogP contribution in [0.25, 0.3) is 11.4 Å². The Morgan fingerprint density at radius 1 is 1.02 bits per heavy atom. The van der Waals surface area contributed by atoms with E-state index in [9.17, 15) is 17.8 Å². The van der Waals surface area contributed by atoms with Crippen molar-refractivity contribution in [2.24, 2.45) is 15.5 Å². The van der Waals surface area contributed by atoms with Crippen molar-refractivity contribution in [3.8, 4) is 11.4 Å². The quantitative estimate of drug-likeness (QED) is 0.232. The molecule has 0 saturated carbocycles. The molecule has 1 aliphatic heterocycles. The van der Waals surface area contributed by atoms with Crippen molar-refractivity contribution in [2.45, 2.75) is 46.4 Å². The van der Waals surface area contributed by atoms with Gasteiger partial charge in [0.25, 0.3) is 5.91 Å². The van der Waals surface area contributed by atoms with E-state index < -0.39 is 20.9 Å². The molecule has 1 amide bonds. The van der Waals surface area contributed by atoms with Crippen LogP contribution in [0, 0.1) is 12.3 Å². The number of nitrogens with one attached hydrogen (secondary N) is 1. The molecule has 45 heavy (non-hydrogen) atoms. The Kier molecular flexibility index (Phi) is 10.1. The third-order valence-electron chi connectivity index (χ3n) is 7.26. The van der Waals surface area contributed by atoms with Crippen LogP contribution in [0.1, 0.15) is 56.4 Å². The van der Waals surface area contributed by atoms with Crippen molar-refractivity contribution in [1.29, 1.82) is 0 Å². The fourth-order valence-corrected chi connectivity index (χ4v) is 5.39. The van der Waals surface area contributed by atoms with Crippen LogP contribution >= 0.6 is 0 Å². The third kappa shape index (κ3) is 7.42. The van der Waals surface area contributed by atoms with Crippen LogP contribution in [0.3, 0.4) is 0 Å². The first-order valence-corrected chi connectivity index (χ1v) is 15.7. The Morgan fingerprint density at radius 2 is 1.71 bits per heavy atom. The Morgan fingerprint density at radius 3 is 2.31 bits per heavy atom. The molecule has 3 aromatic carbocycles. The van der Waals surface area contributed by atoms with E-state index >= 15 is 0 Å². The molecule has 0 radical (unpaired) electrons. The minimum absolute atomic E-state index is 0. The number of aryl methyl sites for hydroxylation is 1. The molecule has 0 spiro atoms. The molecule has 1 aliphatic rings. The van der Waals surface area contributed by atoms with E-state index in [1.54, 1.807) is 24.3 Å². The molecular formula is C32H34N7NaO4S. The number of aromatic nitrogens is 3. The smallest absolute Gasteiger partial charge is 0.744 e. The zero-order valence-corrected chi connectivity index (χ0v) is 29.3. The van der Waals surface area contributed by atoms with E-state index in [0.717, 1.165) is 47.9 Å². The molecule has 11 nitrogen and oxygen atoms in total. The number of hydrogen-bond donors (Lipinski definition) is 1. The molecule has 0 fully saturated rings. The van der Waals surface area contributed by atoms with Gasteiger partial charge in [-0.05, 0) is 87.0 Å². The molecular weight excluding hydrogens is 601 g/mol. The van der Waals surface area contributed by atoms with Crippen LogP contribution in [0.15, 0.2) is 81.7 Å². The van der Waals surface area contributed by atoms with Gasteiger partial charge in [-0.1, -0.05) is 26.8 Å². The van der Waals surface area contributed by atoms with E-state index in [4.69, 9.17) is 15.1 Å². The maximum Gasteiger partial charge on any atom is 1.00 e. The van der Waals surface area contributed by atoms with Crippen molar-refractivity contribution in [1.82, 2.24) is 14.9 Å². The molecule has 13 heteroatoms. The van der Waals surface area contributed by atoms with Gasteiger partial charge >= 0.3 is 29.6 Å². The van der Waals surface area contributed by atoms with Crippen molar-refractivity contribution in [2.75, 3.05) is 23.3 Å². The summed E-state index contributed by atoms with van der Waals surface area (Å²) in [5.74, 6) is 0.444. The first-order valence-electron chi connectivity index (χ1n) is 14.3. The topological polar surface area (TPSA) is 145 Å². The molecule has 1 aromatic heterocycles. The van der Waals surface area contributed by atoms with Crippen LogP contribution in [0.5, 0.6) is 0 Å². The number of hydrogen-bond acceptors (Lipinski definition) is 9. The maximum atomic E-state index is 12.7. The van der Waals surface area contributed by atoms with Gasteiger partial charge in [-0.15, -0.1) is 9.89 Å². The summed E-state index contributed by atoms with van der Waals surface area (Å²) in [5.41, 5.74) is 5.43. The van der Waals surface area contributed by atoms with Gasteiger partial charge in [-0.2, -0.15) is 5.10 Å². The Balaban J connectivity index is 0.00000461. The predicted octanol–water partition coefficient (Wildman–Crippen LogP) is 2.64. The van der Waals surface area contributed by atoms with E-state index in [2.05, 4.69) is 62.1 Å². The van der Waals surface area contributed by atoms with Crippen molar-refractivity contribution in [3.63, 3.8) is 0 Å². The van der Waals surface area contributed by atoms with Gasteiger partial charge in [0.1, 0.15) is 15.8 Å². The van der Waals surface area contributed by atoms with Gasteiger partial charge in [0, 0.05) is 41.0 Å². The fraction of sp³-hybridized carbons (Fsp3) is 0.281. The molecule has 0 aliphatic carbocycles. The van der Waals surface area contributed by atoms with Crippen LogP contribution in [-0.2, 0) is 10.1 Å². The number of benzene rings is 3. The summed E-state index contributed by atoms with van der Waals surface area (Å²) in [5, 5.41) is 12.1. The minimum atomic E-state index is -4.68. The Hall–Kier alpha value is -3.68. The fourth-order valence-electron chi connectivity index (χ4n) is 4.87. The number of nitrogens with zero attached hydrogens (tertiary/aromatic N) is 6. The molecule has 0 atom stereocenters. The average Bonchev–Trinajstić information content (AvgIpc) is 3.54. The molecule has 228 valence electrons. The molecule has 2 heterocycles. The first kappa shape index (κ1) is 34.2. The number of carbonyl (C=O) groups is 1. The zero-order valence-electron chi connectivity index (χ0n) is 26.5. The van der Waals surface area contributed by atoms with Crippen LogP contribution in [0.4, 0.5) is 17.1 Å². The summed E-state index contributed by atoms with van der Waals surface area (Å²) >= 11 is 0. The molecule has 0 saturated heterocycles. The van der Waals surface area contributed by atoms with Crippen molar-refractivity contribution < 1.29 is 47.3 Å². The summed E-state index contributed by atoms with van der Waals surface area (Å²) in [7, 11) is -4.68. The number of carbonyl (C=O) groups excluding carboxylic acids is 1. The Labute approximate surface area is 285 Å². The van der Waals surface area contributed by atoms with Gasteiger partial charge < -0.3 is 14.8 Å². The normalized spacial score (nSPS) is 13.7. The summed E-state index contributed by atoms with van der Waals surface area (Å²) in [4.78, 5) is 25.9. The molecule has 4 aromatic rings. The molecule has 1 N–H and O–H groups in total. The van der Waals surface area contributed by atoms with Gasteiger partial charge in [-0.25, -0.2) is 18.4 Å². The second-order valence-corrected chi connectivity index (χ2v) is 12.8. The molecule has 0 unspecified atom stereocenters. The van der Waals surface area contributed by atoms with E-state index in [-0.39, 0.29) is 40.5 Å². The second-order valence-electron chi connectivity index (χ2n) is 11.5. The Bertz CT molecular complexity index is 1910. The van der Waals surface area contributed by atoms with E-state index in [1.807, 2.05) is 13.0 Å². The van der Waals surface area contributed by atoms with E-state index in [1.165, 1.54) is 16.9 Å². The van der Waals surface area contributed by atoms with Crippen molar-refractivity contribution >= 4 is 44.5 Å². The standard InChI is InChI=1S/C32H35N7O4S.Na/c1-7-38(8-2)24-16-17-26(20(3)18-24)34-27-28(32(4,5)6)36-39-30(27)35-29(37-39)21-12-14-23(15-13-21)33-31(40)22-10-9-11-25(19-22)44(41,42)43;/h9-19H,7-8H2,1-6H3,(H,33,40)(H,41,42,43);/q;+1/p-1. The van der Waals surface area contributed by atoms with Crippen LogP contribution in [0.2, 0.25) is 0 Å². The van der Waals surface area contributed by atoms with Gasteiger partial charge in [0.15, 0.2) is 5.82 Å². The first-order chi connectivity index (χ1) is 20.8. The number of aliphatic imine (C=N–C) groups is 1. The van der Waals surface area contributed by atoms with Crippen molar-refractivity contribution in [3.05, 3.63) is 83.7 Å². The second kappa shape index (κ2) is 13.4. The molecule has 5 rings (SSSR count). The third-order valence-corrected chi connectivity index (χ3v) is 8.09. The summed E-state index contributed by atoms with van der Waals surface area (Å²) in [6.07, 6.45) is 0. The van der Waals surface area contributed by atoms with Gasteiger partial charge in [0.05, 0.1) is 16.3 Å². The van der Waals surface area contributed by atoms with Crippen LogP contribution in [-0.4, -0.2) is 58.3 Å². The average molecular weight is 636 g/mol. The van der Waals surface area contributed by atoms with Gasteiger partial charge in [0.2, 0.25) is 5.82 Å². The molecule has 0 bridgehead atoms. The maximum absolute atomic E-state index is 12.7. The predicted molar refractivity (Wildman–Crippen MR) is 171 cm³/mol. The minimum Gasteiger partial charge on any atom is -0.744 e. The number of anilines is 2. The zero-order chi connectivity index (χ0) is 31.8. The number of amides is 1.